The summed E-state index contributed by atoms with van der Waals surface area (Å²) in [5.41, 5.74) is 5.36. The molecule has 7 heteroatoms. The van der Waals surface area contributed by atoms with Crippen molar-refractivity contribution in [2.45, 2.75) is 17.7 Å². The lowest BCUT2D eigenvalue weighted by Crippen LogP contribution is -2.26. The van der Waals surface area contributed by atoms with Crippen LogP contribution in [0.2, 0.25) is 0 Å². The minimum Gasteiger partial charge on any atom is -0.495 e. The Balaban J connectivity index is 2.99. The van der Waals surface area contributed by atoms with E-state index in [-0.39, 0.29) is 16.4 Å². The largest absolute Gasteiger partial charge is 0.495 e. The summed E-state index contributed by atoms with van der Waals surface area (Å²) in [7, 11) is -0.829. The van der Waals surface area contributed by atoms with Crippen molar-refractivity contribution in [1.82, 2.24) is 4.72 Å². The Bertz CT molecular complexity index is 480. The number of sulfonamides is 1. The van der Waals surface area contributed by atoms with Gasteiger partial charge in [0.05, 0.1) is 14.2 Å². The Morgan fingerprint density at radius 2 is 1.74 bits per heavy atom. The highest BCUT2D eigenvalue weighted by Crippen LogP contribution is 2.32. The molecule has 3 N–H and O–H groups in total. The maximum Gasteiger partial charge on any atom is 0.247 e. The SMILES string of the molecule is COc1cccc(OC)c1S(=O)(=O)NCCCCN. The summed E-state index contributed by atoms with van der Waals surface area (Å²) in [4.78, 5) is 0.0211. The molecule has 0 heterocycles. The molecule has 6 nitrogen and oxygen atoms in total. The number of rotatable bonds is 8. The van der Waals surface area contributed by atoms with E-state index in [1.54, 1.807) is 18.2 Å². The third-order valence-corrected chi connectivity index (χ3v) is 4.10. The van der Waals surface area contributed by atoms with Gasteiger partial charge in [-0.1, -0.05) is 6.07 Å². The lowest BCUT2D eigenvalue weighted by Gasteiger charge is -2.13. The highest BCUT2D eigenvalue weighted by molar-refractivity contribution is 7.89. The Morgan fingerprint density at radius 1 is 1.16 bits per heavy atom. The van der Waals surface area contributed by atoms with Crippen LogP contribution >= 0.6 is 0 Å². The summed E-state index contributed by atoms with van der Waals surface area (Å²) in [6, 6.07) is 4.83. The summed E-state index contributed by atoms with van der Waals surface area (Å²) < 4.78 is 37.2. The van der Waals surface area contributed by atoms with E-state index >= 15 is 0 Å². The summed E-state index contributed by atoms with van der Waals surface area (Å²) in [6.07, 6.45) is 1.46. The molecule has 0 radical (unpaired) electrons. The molecule has 0 aromatic heterocycles. The standard InChI is InChI=1S/C12H20N2O4S/c1-17-10-6-5-7-11(18-2)12(10)19(15,16)14-9-4-3-8-13/h5-7,14H,3-4,8-9,13H2,1-2H3. The molecule has 0 saturated heterocycles. The molecule has 0 spiro atoms. The highest BCUT2D eigenvalue weighted by atomic mass is 32.2. The van der Waals surface area contributed by atoms with Crippen LogP contribution in [-0.2, 0) is 10.0 Å². The Labute approximate surface area is 113 Å². The molecular weight excluding hydrogens is 268 g/mol. The minimum absolute atomic E-state index is 0.0211. The smallest absolute Gasteiger partial charge is 0.247 e. The molecular formula is C12H20N2O4S. The maximum atomic E-state index is 12.3. The maximum absolute atomic E-state index is 12.3. The van der Waals surface area contributed by atoms with Crippen molar-refractivity contribution >= 4 is 10.0 Å². The van der Waals surface area contributed by atoms with Crippen LogP contribution in [0.5, 0.6) is 11.5 Å². The molecule has 0 bridgehead atoms. The van der Waals surface area contributed by atoms with E-state index < -0.39 is 10.0 Å². The van der Waals surface area contributed by atoms with Gasteiger partial charge >= 0.3 is 0 Å². The second kappa shape index (κ2) is 7.32. The summed E-state index contributed by atoms with van der Waals surface area (Å²) in [6.45, 7) is 0.875. The number of benzene rings is 1. The monoisotopic (exact) mass is 288 g/mol. The van der Waals surface area contributed by atoms with Gasteiger partial charge in [0.15, 0.2) is 4.90 Å². The third kappa shape index (κ3) is 4.09. The number of methoxy groups -OCH3 is 2. The Morgan fingerprint density at radius 3 is 2.21 bits per heavy atom. The first-order valence-corrected chi connectivity index (χ1v) is 7.46. The van der Waals surface area contributed by atoms with E-state index in [0.29, 0.717) is 19.5 Å². The molecule has 1 rings (SSSR count). The quantitative estimate of drug-likeness (QED) is 0.688. The average Bonchev–Trinajstić information content (AvgIpc) is 2.42. The second-order valence-corrected chi connectivity index (χ2v) is 5.59. The van der Waals surface area contributed by atoms with Crippen molar-refractivity contribution in [2.75, 3.05) is 27.3 Å². The lowest BCUT2D eigenvalue weighted by molar-refractivity contribution is 0.373. The Hall–Kier alpha value is -1.31. The lowest BCUT2D eigenvalue weighted by atomic mass is 10.3. The van der Waals surface area contributed by atoms with Gasteiger partial charge in [0.25, 0.3) is 0 Å². The van der Waals surface area contributed by atoms with Crippen LogP contribution in [0.1, 0.15) is 12.8 Å². The van der Waals surface area contributed by atoms with E-state index in [2.05, 4.69) is 4.72 Å². The fraction of sp³-hybridized carbons (Fsp3) is 0.500. The molecule has 0 fully saturated rings. The fourth-order valence-corrected chi connectivity index (χ4v) is 3.02. The number of ether oxygens (including phenoxy) is 2. The number of hydrogen-bond acceptors (Lipinski definition) is 5. The van der Waals surface area contributed by atoms with Gasteiger partial charge in [-0.05, 0) is 31.5 Å². The zero-order valence-corrected chi connectivity index (χ0v) is 12.0. The fourth-order valence-electron chi connectivity index (χ4n) is 1.63. The molecule has 0 saturated carbocycles. The van der Waals surface area contributed by atoms with Gasteiger partial charge in [-0.15, -0.1) is 0 Å². The first-order valence-electron chi connectivity index (χ1n) is 5.97. The van der Waals surface area contributed by atoms with E-state index in [4.69, 9.17) is 15.2 Å². The van der Waals surface area contributed by atoms with E-state index in [0.717, 1.165) is 6.42 Å². The first kappa shape index (κ1) is 15.7. The van der Waals surface area contributed by atoms with Crippen LogP contribution in [0.3, 0.4) is 0 Å². The number of nitrogens with two attached hydrogens (primary N) is 1. The van der Waals surface area contributed by atoms with Crippen LogP contribution in [-0.4, -0.2) is 35.7 Å². The zero-order valence-electron chi connectivity index (χ0n) is 11.2. The van der Waals surface area contributed by atoms with Gasteiger partial charge < -0.3 is 15.2 Å². The van der Waals surface area contributed by atoms with Crippen LogP contribution in [0.25, 0.3) is 0 Å². The zero-order chi connectivity index (χ0) is 14.3. The van der Waals surface area contributed by atoms with E-state index in [1.165, 1.54) is 14.2 Å². The molecule has 19 heavy (non-hydrogen) atoms. The molecule has 1 aromatic carbocycles. The molecule has 108 valence electrons. The van der Waals surface area contributed by atoms with E-state index in [9.17, 15) is 8.42 Å². The van der Waals surface area contributed by atoms with Crippen molar-refractivity contribution in [3.8, 4) is 11.5 Å². The van der Waals surface area contributed by atoms with Crippen LogP contribution in [0.4, 0.5) is 0 Å². The first-order chi connectivity index (χ1) is 9.06. The van der Waals surface area contributed by atoms with Gasteiger partial charge in [0.2, 0.25) is 10.0 Å². The molecule has 0 unspecified atom stereocenters. The van der Waals surface area contributed by atoms with Crippen LogP contribution in [0.15, 0.2) is 23.1 Å². The third-order valence-electron chi connectivity index (χ3n) is 2.57. The van der Waals surface area contributed by atoms with Crippen molar-refractivity contribution in [1.29, 1.82) is 0 Å². The minimum atomic E-state index is -3.67. The molecule has 0 aliphatic heterocycles. The van der Waals surface area contributed by atoms with E-state index in [1.807, 2.05) is 0 Å². The normalized spacial score (nSPS) is 11.3. The predicted octanol–water partition coefficient (Wildman–Crippen LogP) is 0.721. The molecule has 1 aromatic rings. The highest BCUT2D eigenvalue weighted by Gasteiger charge is 2.23. The predicted molar refractivity (Wildman–Crippen MR) is 73.0 cm³/mol. The summed E-state index contributed by atoms with van der Waals surface area (Å²) >= 11 is 0. The topological polar surface area (TPSA) is 90.6 Å². The molecule has 0 atom stereocenters. The van der Waals surface area contributed by atoms with Gasteiger partial charge in [-0.3, -0.25) is 0 Å². The van der Waals surface area contributed by atoms with Crippen molar-refractivity contribution < 1.29 is 17.9 Å². The Kier molecular flexibility index (Phi) is 6.07. The summed E-state index contributed by atoms with van der Waals surface area (Å²) in [5.74, 6) is 0.511. The van der Waals surface area contributed by atoms with Crippen LogP contribution < -0.4 is 19.9 Å². The van der Waals surface area contributed by atoms with Gasteiger partial charge in [0.1, 0.15) is 11.5 Å². The average molecular weight is 288 g/mol. The van der Waals surface area contributed by atoms with Crippen molar-refractivity contribution in [2.24, 2.45) is 5.73 Å². The van der Waals surface area contributed by atoms with Crippen molar-refractivity contribution in [3.63, 3.8) is 0 Å². The van der Waals surface area contributed by atoms with Crippen molar-refractivity contribution in [3.05, 3.63) is 18.2 Å². The second-order valence-electron chi connectivity index (χ2n) is 3.89. The van der Waals surface area contributed by atoms with Gasteiger partial charge in [0, 0.05) is 6.54 Å². The van der Waals surface area contributed by atoms with Gasteiger partial charge in [-0.2, -0.15) is 0 Å². The number of nitrogens with one attached hydrogen (secondary N) is 1. The molecule has 0 aliphatic rings. The molecule has 0 aliphatic carbocycles. The summed E-state index contributed by atoms with van der Waals surface area (Å²) in [5, 5.41) is 0. The number of hydrogen-bond donors (Lipinski definition) is 2. The van der Waals surface area contributed by atoms with Crippen LogP contribution in [0, 0.1) is 0 Å². The molecule has 0 amide bonds. The van der Waals surface area contributed by atoms with Gasteiger partial charge in [-0.25, -0.2) is 13.1 Å². The number of unbranched alkanes of at least 4 members (excludes halogenated alkanes) is 1.